The van der Waals surface area contributed by atoms with Crippen molar-refractivity contribution >= 4 is 73.6 Å². The number of hydrogen-bond acceptors (Lipinski definition) is 5. The summed E-state index contributed by atoms with van der Waals surface area (Å²) in [5.74, 6) is 3.34. The molecule has 5 aromatic rings. The van der Waals surface area contributed by atoms with Crippen LogP contribution in [0.15, 0.2) is 103 Å². The number of imidazole rings is 1. The smallest absolute Gasteiger partial charge is 0.282 e. The van der Waals surface area contributed by atoms with Crippen LogP contribution in [-0.4, -0.2) is 64.0 Å². The van der Waals surface area contributed by atoms with Crippen molar-refractivity contribution in [3.8, 4) is 0 Å². The zero-order valence-electron chi connectivity index (χ0n) is 29.0. The van der Waals surface area contributed by atoms with Gasteiger partial charge in [-0.05, 0) is 65.7 Å². The van der Waals surface area contributed by atoms with Crippen molar-refractivity contribution < 1.29 is 9.47 Å². The third-order valence-electron chi connectivity index (χ3n) is 9.21. The minimum Gasteiger partial charge on any atom is -0.378 e. The third-order valence-corrected chi connectivity index (χ3v) is 11.6. The topological polar surface area (TPSA) is 23.0 Å². The molecule has 2 atom stereocenters. The molecule has 0 aliphatic carbocycles. The lowest BCUT2D eigenvalue weighted by Crippen LogP contribution is -3.11. The molecular weight excluding hydrogens is 629 g/mol. The highest BCUT2D eigenvalue weighted by Crippen LogP contribution is 2.29. The van der Waals surface area contributed by atoms with Gasteiger partial charge >= 0.3 is 0 Å². The average Bonchev–Trinajstić information content (AvgIpc) is 3.53. The van der Waals surface area contributed by atoms with Crippen LogP contribution in [0.4, 0.5) is 22.7 Å². The summed E-state index contributed by atoms with van der Waals surface area (Å²) in [6.07, 6.45) is 9.41. The number of fused-ring (bicyclic) bond motifs is 2. The van der Waals surface area contributed by atoms with Gasteiger partial charge in [-0.3, -0.25) is 4.90 Å². The van der Waals surface area contributed by atoms with Gasteiger partial charge < -0.3 is 14.7 Å². The summed E-state index contributed by atoms with van der Waals surface area (Å²) in [6.45, 7) is 2.02. The number of rotatable bonds is 13. The first-order valence-electron chi connectivity index (χ1n) is 16.6. The standard InChI is InChI=1S/C40H47N6S2/c1-41(2)33-21-15-31(16-22-33)19-25-39-43(5)35-11-7-9-13-37(35)45(39)27-29-47-48-30-28-46-38-14-10-8-12-36(38)44(6)40(46)26-20-32-17-23-34(24-18-32)42(3)4/h7-26,39H,27-30H2,1-6H3/q+1/p+1. The summed E-state index contributed by atoms with van der Waals surface area (Å²) < 4.78 is 4.78. The second-order valence-electron chi connectivity index (χ2n) is 12.7. The Morgan fingerprint density at radius 2 is 1.33 bits per heavy atom. The monoisotopic (exact) mass is 676 g/mol. The van der Waals surface area contributed by atoms with Crippen molar-refractivity contribution in [2.24, 2.45) is 7.05 Å². The molecular formula is C40H48N6S2+2. The molecule has 8 heteroatoms. The Balaban J connectivity index is 1.09. The van der Waals surface area contributed by atoms with Crippen molar-refractivity contribution in [2.45, 2.75) is 12.7 Å². The van der Waals surface area contributed by atoms with E-state index in [9.17, 15) is 0 Å². The van der Waals surface area contributed by atoms with E-state index in [1.165, 1.54) is 55.6 Å². The molecule has 0 saturated heterocycles. The zero-order chi connectivity index (χ0) is 33.6. The van der Waals surface area contributed by atoms with Gasteiger partial charge in [0.05, 0.1) is 19.3 Å². The van der Waals surface area contributed by atoms with Gasteiger partial charge in [-0.25, -0.2) is 9.13 Å². The fourth-order valence-electron chi connectivity index (χ4n) is 6.50. The summed E-state index contributed by atoms with van der Waals surface area (Å²) in [5.41, 5.74) is 10.1. The maximum atomic E-state index is 2.47. The van der Waals surface area contributed by atoms with Crippen LogP contribution in [0.3, 0.4) is 0 Å². The van der Waals surface area contributed by atoms with Crippen LogP contribution in [-0.2, 0) is 13.6 Å². The summed E-state index contributed by atoms with van der Waals surface area (Å²) >= 11 is 0. The number of nitrogens with zero attached hydrogens (tertiary/aromatic N) is 5. The molecule has 2 unspecified atom stereocenters. The minimum atomic E-state index is 0.265. The largest absolute Gasteiger partial charge is 0.378 e. The molecule has 48 heavy (non-hydrogen) atoms. The number of nitrogens with one attached hydrogen (secondary N) is 1. The fraction of sp³-hybridized carbons (Fsp3) is 0.275. The molecule has 248 valence electrons. The van der Waals surface area contributed by atoms with Crippen LogP contribution in [0, 0.1) is 0 Å². The lowest BCUT2D eigenvalue weighted by atomic mass is 10.1. The lowest BCUT2D eigenvalue weighted by Gasteiger charge is -2.23. The number of quaternary nitrogens is 1. The summed E-state index contributed by atoms with van der Waals surface area (Å²) in [5, 5.41) is 0. The van der Waals surface area contributed by atoms with Gasteiger partial charge in [0.1, 0.15) is 12.2 Å². The first kappa shape index (κ1) is 33.8. The summed E-state index contributed by atoms with van der Waals surface area (Å²) in [4.78, 5) is 8.21. The van der Waals surface area contributed by atoms with Crippen molar-refractivity contribution in [3.63, 3.8) is 0 Å². The molecule has 0 amide bonds. The Morgan fingerprint density at radius 1 is 0.729 bits per heavy atom. The van der Waals surface area contributed by atoms with E-state index in [1.807, 2.05) is 21.6 Å². The Morgan fingerprint density at radius 3 is 2.02 bits per heavy atom. The van der Waals surface area contributed by atoms with Gasteiger partial charge in [-0.15, -0.1) is 0 Å². The highest BCUT2D eigenvalue weighted by molar-refractivity contribution is 8.76. The van der Waals surface area contributed by atoms with Gasteiger partial charge in [0.15, 0.2) is 22.9 Å². The van der Waals surface area contributed by atoms with Gasteiger partial charge in [0.2, 0.25) is 0 Å². The molecule has 2 heterocycles. The van der Waals surface area contributed by atoms with Crippen molar-refractivity contribution in [2.75, 3.05) is 68.0 Å². The molecule has 1 N–H and O–H groups in total. The van der Waals surface area contributed by atoms with Crippen molar-refractivity contribution in [1.29, 1.82) is 0 Å². The van der Waals surface area contributed by atoms with Crippen molar-refractivity contribution in [1.82, 2.24) is 4.57 Å². The normalized spacial score (nSPS) is 16.0. The molecule has 1 aliphatic rings. The van der Waals surface area contributed by atoms with E-state index in [4.69, 9.17) is 0 Å². The van der Waals surface area contributed by atoms with Crippen LogP contribution in [0.2, 0.25) is 0 Å². The number of hydrogen-bond donors (Lipinski definition) is 1. The molecule has 1 aromatic heterocycles. The van der Waals surface area contributed by atoms with Crippen LogP contribution in [0.25, 0.3) is 29.3 Å². The average molecular weight is 677 g/mol. The highest BCUT2D eigenvalue weighted by atomic mass is 33.1. The molecule has 0 fully saturated rings. The van der Waals surface area contributed by atoms with E-state index in [2.05, 4.69) is 187 Å². The third kappa shape index (κ3) is 7.46. The molecule has 0 bridgehead atoms. The molecule has 4 aromatic carbocycles. The Bertz CT molecular complexity index is 1870. The quantitative estimate of drug-likeness (QED) is 0.0835. The van der Waals surface area contributed by atoms with Crippen LogP contribution in [0.1, 0.15) is 17.0 Å². The predicted octanol–water partition coefficient (Wildman–Crippen LogP) is 6.86. The summed E-state index contributed by atoms with van der Waals surface area (Å²) in [6, 6.07) is 35.1. The number of likely N-dealkylation sites (N-methyl/N-ethyl adjacent to an activating group) is 1. The molecule has 0 spiro atoms. The van der Waals surface area contributed by atoms with E-state index >= 15 is 0 Å². The molecule has 6 rings (SSSR count). The minimum absolute atomic E-state index is 0.265. The first-order valence-corrected chi connectivity index (χ1v) is 19.1. The molecule has 6 nitrogen and oxygen atoms in total. The van der Waals surface area contributed by atoms with E-state index < -0.39 is 0 Å². The Hall–Kier alpha value is -4.11. The van der Waals surface area contributed by atoms with Gasteiger partial charge in [0, 0.05) is 64.5 Å². The number of aryl methyl sites for hydroxylation is 2. The number of aromatic nitrogens is 2. The van der Waals surface area contributed by atoms with Crippen molar-refractivity contribution in [3.05, 3.63) is 120 Å². The molecule has 1 aliphatic heterocycles. The number of benzene rings is 4. The van der Waals surface area contributed by atoms with E-state index in [1.54, 1.807) is 0 Å². The maximum Gasteiger partial charge on any atom is 0.282 e. The predicted molar refractivity (Wildman–Crippen MR) is 212 cm³/mol. The highest BCUT2D eigenvalue weighted by Gasteiger charge is 2.36. The van der Waals surface area contributed by atoms with Crippen LogP contribution < -0.4 is 24.2 Å². The Kier molecular flexibility index (Phi) is 10.8. The number of anilines is 3. The molecule has 0 saturated carbocycles. The Labute approximate surface area is 294 Å². The fourth-order valence-corrected chi connectivity index (χ4v) is 8.48. The maximum absolute atomic E-state index is 2.47. The summed E-state index contributed by atoms with van der Waals surface area (Å²) in [7, 11) is 16.7. The van der Waals surface area contributed by atoms with Crippen LogP contribution in [0.5, 0.6) is 0 Å². The lowest BCUT2D eigenvalue weighted by molar-refractivity contribution is -0.842. The van der Waals surface area contributed by atoms with Gasteiger partial charge in [-0.1, -0.05) is 76.2 Å². The van der Waals surface area contributed by atoms with Gasteiger partial charge in [0.25, 0.3) is 5.82 Å². The second-order valence-corrected chi connectivity index (χ2v) is 15.4. The number of para-hydroxylation sites is 4. The van der Waals surface area contributed by atoms with E-state index in [0.717, 1.165) is 24.6 Å². The molecule has 0 radical (unpaired) electrons. The first-order chi connectivity index (χ1) is 23.3. The second kappa shape index (κ2) is 15.4. The van der Waals surface area contributed by atoms with E-state index in [0.29, 0.717) is 0 Å². The zero-order valence-corrected chi connectivity index (χ0v) is 30.6. The van der Waals surface area contributed by atoms with Crippen LogP contribution >= 0.6 is 21.6 Å². The van der Waals surface area contributed by atoms with E-state index in [-0.39, 0.29) is 6.17 Å². The van der Waals surface area contributed by atoms with Gasteiger partial charge in [-0.2, -0.15) is 0 Å². The SMILES string of the molecule is CN(C)c1ccc(C=Cc2n(CCSSCC[NH+]3c4ccccc4N(C)C3C=Cc3ccc(N(C)C)cc3)c3ccccc3[n+]2C)cc1.